The van der Waals surface area contributed by atoms with E-state index in [1.165, 1.54) is 12.1 Å². The van der Waals surface area contributed by atoms with E-state index in [2.05, 4.69) is 0 Å². The van der Waals surface area contributed by atoms with Gasteiger partial charge in [-0.3, -0.25) is 10.1 Å². The van der Waals surface area contributed by atoms with Crippen LogP contribution in [-0.4, -0.2) is 58.8 Å². The first kappa shape index (κ1) is 27.9. The van der Waals surface area contributed by atoms with Crippen LogP contribution in [0.2, 0.25) is 0 Å². The molecule has 0 aliphatic heterocycles. The standard InChI is InChI=1S/C27H28FNO8/c28-23(17-35-15-19-7-3-1-4-8-19)25(30)26(31)24(36-16-20-9-5-2-6-10-20)18-37-27(32)21-11-13-22(14-12-21)29(33)34/h1-14,23-26,30-31H,15-18H2/t23-,24+,25+,26+/m0/s1. The summed E-state index contributed by atoms with van der Waals surface area (Å²) < 4.78 is 30.9. The van der Waals surface area contributed by atoms with Crippen molar-refractivity contribution in [3.05, 3.63) is 112 Å². The molecule has 0 saturated carbocycles. The van der Waals surface area contributed by atoms with Gasteiger partial charge < -0.3 is 24.4 Å². The number of ether oxygens (including phenoxy) is 3. The zero-order chi connectivity index (χ0) is 26.6. The number of hydrogen-bond donors (Lipinski definition) is 2. The Labute approximate surface area is 213 Å². The van der Waals surface area contributed by atoms with E-state index < -0.39 is 48.6 Å². The number of nitro groups is 1. The van der Waals surface area contributed by atoms with E-state index in [-0.39, 0.29) is 24.5 Å². The molecular weight excluding hydrogens is 485 g/mol. The molecule has 0 unspecified atom stereocenters. The number of hydrogen-bond acceptors (Lipinski definition) is 8. The second-order valence-electron chi connectivity index (χ2n) is 8.24. The van der Waals surface area contributed by atoms with E-state index in [0.717, 1.165) is 23.3 Å². The van der Waals surface area contributed by atoms with Crippen LogP contribution in [0.15, 0.2) is 84.9 Å². The molecule has 3 aromatic carbocycles. The molecule has 0 spiro atoms. The molecule has 10 heteroatoms. The second kappa shape index (κ2) is 14.1. The molecule has 0 heterocycles. The summed E-state index contributed by atoms with van der Waals surface area (Å²) in [6, 6.07) is 22.8. The van der Waals surface area contributed by atoms with Crippen LogP contribution in [0, 0.1) is 10.1 Å². The SMILES string of the molecule is O=C(OC[C@@H](OCc1ccccc1)[C@@H](O)[C@H](O)[C@@H](F)COCc1ccccc1)c1ccc([N+](=O)[O-])cc1. The van der Waals surface area contributed by atoms with Crippen molar-refractivity contribution >= 4 is 11.7 Å². The number of aliphatic hydroxyl groups is 2. The molecule has 0 fully saturated rings. The summed E-state index contributed by atoms with van der Waals surface area (Å²) in [5.41, 5.74) is 1.42. The van der Waals surface area contributed by atoms with Gasteiger partial charge in [-0.1, -0.05) is 60.7 Å². The second-order valence-corrected chi connectivity index (χ2v) is 8.24. The molecule has 37 heavy (non-hydrogen) atoms. The van der Waals surface area contributed by atoms with Gasteiger partial charge in [-0.05, 0) is 23.3 Å². The fourth-order valence-corrected chi connectivity index (χ4v) is 3.38. The molecule has 196 valence electrons. The third-order valence-electron chi connectivity index (χ3n) is 5.49. The quantitative estimate of drug-likeness (QED) is 0.190. The van der Waals surface area contributed by atoms with E-state index in [1.807, 2.05) is 36.4 Å². The van der Waals surface area contributed by atoms with Gasteiger partial charge in [-0.15, -0.1) is 0 Å². The molecule has 0 radical (unpaired) electrons. The predicted molar refractivity (Wildman–Crippen MR) is 131 cm³/mol. The molecule has 3 aromatic rings. The lowest BCUT2D eigenvalue weighted by molar-refractivity contribution is -0.384. The minimum Gasteiger partial charge on any atom is -0.459 e. The summed E-state index contributed by atoms with van der Waals surface area (Å²) in [6.45, 7) is -0.837. The highest BCUT2D eigenvalue weighted by atomic mass is 19.1. The summed E-state index contributed by atoms with van der Waals surface area (Å²) in [6.07, 6.45) is -6.84. The molecule has 2 N–H and O–H groups in total. The lowest BCUT2D eigenvalue weighted by atomic mass is 10.0. The Bertz CT molecular complexity index is 1110. The number of carbonyl (C=O) groups excluding carboxylic acids is 1. The number of aliphatic hydroxyl groups excluding tert-OH is 2. The number of rotatable bonds is 14. The van der Waals surface area contributed by atoms with Crippen LogP contribution in [0.25, 0.3) is 0 Å². The Morgan fingerprint density at radius 3 is 1.97 bits per heavy atom. The monoisotopic (exact) mass is 513 g/mol. The predicted octanol–water partition coefficient (Wildman–Crippen LogP) is 3.61. The van der Waals surface area contributed by atoms with Gasteiger partial charge >= 0.3 is 5.97 Å². The Kier molecular flexibility index (Phi) is 10.7. The fraction of sp³-hybridized carbons (Fsp3) is 0.296. The van der Waals surface area contributed by atoms with E-state index in [0.29, 0.717) is 0 Å². The molecule has 4 atom stereocenters. The molecule has 0 bridgehead atoms. The maximum Gasteiger partial charge on any atom is 0.338 e. The van der Waals surface area contributed by atoms with Gasteiger partial charge in [0.1, 0.15) is 24.9 Å². The van der Waals surface area contributed by atoms with Gasteiger partial charge in [-0.2, -0.15) is 0 Å². The van der Waals surface area contributed by atoms with E-state index in [9.17, 15) is 29.5 Å². The topological polar surface area (TPSA) is 128 Å². The van der Waals surface area contributed by atoms with Crippen molar-refractivity contribution < 1.29 is 38.5 Å². The summed E-state index contributed by atoms with van der Waals surface area (Å²) in [5, 5.41) is 31.9. The Morgan fingerprint density at radius 1 is 0.838 bits per heavy atom. The minimum absolute atomic E-state index is 0.00578. The first-order valence-corrected chi connectivity index (χ1v) is 11.5. The van der Waals surface area contributed by atoms with Crippen molar-refractivity contribution in [3.8, 4) is 0 Å². The first-order chi connectivity index (χ1) is 17.8. The molecule has 0 aliphatic rings. The molecule has 3 rings (SSSR count). The maximum atomic E-state index is 14.7. The Balaban J connectivity index is 1.60. The van der Waals surface area contributed by atoms with Crippen LogP contribution in [0.5, 0.6) is 0 Å². The van der Waals surface area contributed by atoms with Crippen molar-refractivity contribution in [1.29, 1.82) is 0 Å². The zero-order valence-corrected chi connectivity index (χ0v) is 19.9. The molecule has 0 saturated heterocycles. The van der Waals surface area contributed by atoms with Crippen LogP contribution in [0.3, 0.4) is 0 Å². The number of esters is 1. The Hall–Kier alpha value is -3.70. The average molecular weight is 514 g/mol. The van der Waals surface area contributed by atoms with Crippen LogP contribution in [0.1, 0.15) is 21.5 Å². The number of benzene rings is 3. The maximum absolute atomic E-state index is 14.7. The number of halogens is 1. The molecule has 0 amide bonds. The highest BCUT2D eigenvalue weighted by Crippen LogP contribution is 2.17. The molecule has 0 aliphatic carbocycles. The first-order valence-electron chi connectivity index (χ1n) is 11.5. The van der Waals surface area contributed by atoms with E-state index in [1.54, 1.807) is 24.3 Å². The summed E-state index contributed by atoms with van der Waals surface area (Å²) >= 11 is 0. The van der Waals surface area contributed by atoms with Gasteiger partial charge in [-0.25, -0.2) is 9.18 Å². The lowest BCUT2D eigenvalue weighted by Gasteiger charge is -2.28. The Morgan fingerprint density at radius 2 is 1.41 bits per heavy atom. The van der Waals surface area contributed by atoms with Gasteiger partial charge in [0.15, 0.2) is 6.17 Å². The fourth-order valence-electron chi connectivity index (χ4n) is 3.38. The zero-order valence-electron chi connectivity index (χ0n) is 19.9. The normalized spacial score (nSPS) is 14.4. The van der Waals surface area contributed by atoms with Crippen LogP contribution in [0.4, 0.5) is 10.1 Å². The van der Waals surface area contributed by atoms with Gasteiger partial charge in [0.25, 0.3) is 5.69 Å². The summed E-state index contributed by atoms with van der Waals surface area (Å²) in [4.78, 5) is 22.6. The summed E-state index contributed by atoms with van der Waals surface area (Å²) in [7, 11) is 0. The van der Waals surface area contributed by atoms with Crippen molar-refractivity contribution in [2.45, 2.75) is 37.7 Å². The van der Waals surface area contributed by atoms with E-state index in [4.69, 9.17) is 14.2 Å². The number of carbonyl (C=O) groups is 1. The summed E-state index contributed by atoms with van der Waals surface area (Å²) in [5.74, 6) is -0.826. The average Bonchev–Trinajstić information content (AvgIpc) is 2.93. The molecule has 9 nitrogen and oxygen atoms in total. The van der Waals surface area contributed by atoms with Crippen molar-refractivity contribution in [2.24, 2.45) is 0 Å². The van der Waals surface area contributed by atoms with Crippen molar-refractivity contribution in [3.63, 3.8) is 0 Å². The third kappa shape index (κ3) is 8.72. The highest BCUT2D eigenvalue weighted by Gasteiger charge is 2.34. The van der Waals surface area contributed by atoms with Crippen LogP contribution < -0.4 is 0 Å². The van der Waals surface area contributed by atoms with Crippen molar-refractivity contribution in [2.75, 3.05) is 13.2 Å². The number of non-ortho nitro benzene ring substituents is 1. The number of nitrogens with zero attached hydrogens (tertiary/aromatic N) is 1. The van der Waals surface area contributed by atoms with Gasteiger partial charge in [0.2, 0.25) is 0 Å². The molecule has 0 aromatic heterocycles. The highest BCUT2D eigenvalue weighted by molar-refractivity contribution is 5.89. The van der Waals surface area contributed by atoms with Crippen LogP contribution in [-0.2, 0) is 27.4 Å². The minimum atomic E-state index is -1.94. The third-order valence-corrected chi connectivity index (χ3v) is 5.49. The number of alkyl halides is 1. The van der Waals surface area contributed by atoms with Crippen molar-refractivity contribution in [1.82, 2.24) is 0 Å². The number of nitro benzene ring substituents is 1. The lowest BCUT2D eigenvalue weighted by Crippen LogP contribution is -2.47. The van der Waals surface area contributed by atoms with Gasteiger partial charge in [0.05, 0.1) is 30.3 Å². The molecular formula is C27H28FNO8. The smallest absolute Gasteiger partial charge is 0.338 e. The largest absolute Gasteiger partial charge is 0.459 e. The van der Waals surface area contributed by atoms with E-state index >= 15 is 0 Å². The van der Waals surface area contributed by atoms with Crippen LogP contribution >= 0.6 is 0 Å². The van der Waals surface area contributed by atoms with Gasteiger partial charge in [0, 0.05) is 12.1 Å².